The number of benzene rings is 1. The first-order chi connectivity index (χ1) is 14.1. The van der Waals surface area contributed by atoms with Crippen LogP contribution in [0.15, 0.2) is 36.7 Å². The number of fused-ring (bicyclic) bond motifs is 1. The largest absolute Gasteiger partial charge is 0.478 e. The monoisotopic (exact) mass is 398 g/mol. The van der Waals surface area contributed by atoms with Crippen molar-refractivity contribution in [3.8, 4) is 5.75 Å². The van der Waals surface area contributed by atoms with Crippen molar-refractivity contribution in [1.29, 1.82) is 0 Å². The number of amides is 1. The average Bonchev–Trinajstić information content (AvgIpc) is 3.38. The van der Waals surface area contributed by atoms with E-state index in [1.54, 1.807) is 36.1 Å². The zero-order valence-corrected chi connectivity index (χ0v) is 16.1. The van der Waals surface area contributed by atoms with Gasteiger partial charge in [-0.25, -0.2) is 19.0 Å². The van der Waals surface area contributed by atoms with Crippen LogP contribution < -0.4 is 15.4 Å². The molecular formula is C20H23FN6O2. The maximum atomic E-state index is 13.7. The highest BCUT2D eigenvalue weighted by Crippen LogP contribution is 2.26. The van der Waals surface area contributed by atoms with Gasteiger partial charge < -0.3 is 15.4 Å². The number of carbonyl (C=O) groups excluding carboxylic acids is 1. The van der Waals surface area contributed by atoms with Gasteiger partial charge in [-0.1, -0.05) is 12.1 Å². The number of nitrogens with zero attached hydrogens (tertiary/aromatic N) is 4. The van der Waals surface area contributed by atoms with Crippen molar-refractivity contribution in [1.82, 2.24) is 30.4 Å². The Morgan fingerprint density at radius 1 is 1.38 bits per heavy atom. The summed E-state index contributed by atoms with van der Waals surface area (Å²) in [5, 5.41) is 10.9. The third-order valence-corrected chi connectivity index (χ3v) is 4.97. The molecule has 0 aliphatic carbocycles. The predicted molar refractivity (Wildman–Crippen MR) is 105 cm³/mol. The smallest absolute Gasteiger partial charge is 0.260 e. The number of hydrogen-bond donors (Lipinski definition) is 2. The number of para-hydroxylation sites is 1. The molecule has 1 aliphatic rings. The molecule has 0 radical (unpaired) electrons. The molecule has 29 heavy (non-hydrogen) atoms. The Labute approximate surface area is 167 Å². The van der Waals surface area contributed by atoms with E-state index in [9.17, 15) is 9.18 Å². The highest BCUT2D eigenvalue weighted by Gasteiger charge is 2.24. The molecule has 2 aromatic heterocycles. The zero-order valence-electron chi connectivity index (χ0n) is 16.1. The molecule has 8 nitrogen and oxygen atoms in total. The normalized spacial score (nSPS) is 17.4. The van der Waals surface area contributed by atoms with E-state index in [0.717, 1.165) is 30.7 Å². The lowest BCUT2D eigenvalue weighted by molar-refractivity contribution is -0.127. The van der Waals surface area contributed by atoms with Gasteiger partial charge in [-0.2, -0.15) is 5.10 Å². The molecule has 2 atom stereocenters. The Morgan fingerprint density at radius 3 is 3.00 bits per heavy atom. The Bertz CT molecular complexity index is 1000. The Morgan fingerprint density at radius 2 is 2.21 bits per heavy atom. The molecule has 1 amide bonds. The Balaban J connectivity index is 1.38. The van der Waals surface area contributed by atoms with Crippen LogP contribution in [0, 0.1) is 5.82 Å². The summed E-state index contributed by atoms with van der Waals surface area (Å²) in [7, 11) is 0. The summed E-state index contributed by atoms with van der Waals surface area (Å²) >= 11 is 0. The van der Waals surface area contributed by atoms with E-state index in [1.807, 2.05) is 0 Å². The van der Waals surface area contributed by atoms with Crippen molar-refractivity contribution >= 4 is 17.1 Å². The summed E-state index contributed by atoms with van der Waals surface area (Å²) in [5.41, 5.74) is 2.46. The van der Waals surface area contributed by atoms with Gasteiger partial charge in [0.05, 0.1) is 12.2 Å². The van der Waals surface area contributed by atoms with E-state index in [-0.39, 0.29) is 11.7 Å². The molecule has 1 fully saturated rings. The zero-order chi connectivity index (χ0) is 20.2. The highest BCUT2D eigenvalue weighted by molar-refractivity contribution is 5.80. The minimum atomic E-state index is -0.818. The van der Waals surface area contributed by atoms with Crippen LogP contribution in [0.3, 0.4) is 0 Å². The first-order valence-electron chi connectivity index (χ1n) is 9.70. The number of rotatable bonds is 7. The van der Waals surface area contributed by atoms with Crippen LogP contribution in [0.5, 0.6) is 5.75 Å². The van der Waals surface area contributed by atoms with Crippen LogP contribution in [0.25, 0.3) is 11.2 Å². The maximum absolute atomic E-state index is 13.7. The van der Waals surface area contributed by atoms with Gasteiger partial charge in [0.2, 0.25) is 0 Å². The van der Waals surface area contributed by atoms with Gasteiger partial charge in [0.1, 0.15) is 5.52 Å². The van der Waals surface area contributed by atoms with Crippen molar-refractivity contribution in [2.24, 2.45) is 0 Å². The minimum absolute atomic E-state index is 0.0540. The van der Waals surface area contributed by atoms with E-state index in [4.69, 9.17) is 9.84 Å². The number of ether oxygens (including phenoxy) is 1. The molecule has 9 heteroatoms. The molecular weight excluding hydrogens is 375 g/mol. The summed E-state index contributed by atoms with van der Waals surface area (Å²) in [4.78, 5) is 21.2. The maximum Gasteiger partial charge on any atom is 0.260 e. The summed E-state index contributed by atoms with van der Waals surface area (Å²) in [6.45, 7) is 4.23. The first-order valence-corrected chi connectivity index (χ1v) is 9.70. The van der Waals surface area contributed by atoms with Gasteiger partial charge in [-0.05, 0) is 32.0 Å². The summed E-state index contributed by atoms with van der Waals surface area (Å²) in [6, 6.07) is 6.01. The van der Waals surface area contributed by atoms with Crippen molar-refractivity contribution in [2.45, 2.75) is 31.9 Å². The molecule has 0 saturated carbocycles. The van der Waals surface area contributed by atoms with Gasteiger partial charge in [-0.15, -0.1) is 0 Å². The van der Waals surface area contributed by atoms with E-state index in [1.165, 1.54) is 12.1 Å². The molecule has 1 saturated heterocycles. The van der Waals surface area contributed by atoms with Gasteiger partial charge in [0, 0.05) is 31.4 Å². The number of carbonyl (C=O) groups is 1. The number of nitrogens with one attached hydrogen (secondary N) is 2. The van der Waals surface area contributed by atoms with E-state index >= 15 is 0 Å². The molecule has 3 aromatic rings. The van der Waals surface area contributed by atoms with Crippen LogP contribution in [0.2, 0.25) is 0 Å². The molecule has 1 aromatic carbocycles. The van der Waals surface area contributed by atoms with Crippen LogP contribution in [-0.2, 0) is 11.3 Å². The average molecular weight is 398 g/mol. The first kappa shape index (κ1) is 19.3. The summed E-state index contributed by atoms with van der Waals surface area (Å²) in [6.07, 6.45) is 3.51. The lowest BCUT2D eigenvalue weighted by Gasteiger charge is -2.15. The van der Waals surface area contributed by atoms with Crippen molar-refractivity contribution < 1.29 is 13.9 Å². The van der Waals surface area contributed by atoms with Gasteiger partial charge in [-0.3, -0.25) is 4.79 Å². The standard InChI is InChI=1S/C20H23FN6O2/c1-13(29-16-5-3-2-4-15(16)21)20(28)25-10-11-27-19-18(23-8-9-24-19)17(26-27)14-6-7-22-12-14/h2-5,8-9,13-14,22H,6-7,10-12H2,1H3,(H,25,28)/t13-,14-/m0/s1. The number of halogens is 1. The number of hydrogen-bond acceptors (Lipinski definition) is 6. The quantitative estimate of drug-likeness (QED) is 0.628. The van der Waals surface area contributed by atoms with Crippen molar-refractivity contribution in [3.63, 3.8) is 0 Å². The summed E-state index contributed by atoms with van der Waals surface area (Å²) < 4.78 is 20.9. The predicted octanol–water partition coefficient (Wildman–Crippen LogP) is 1.63. The fourth-order valence-electron chi connectivity index (χ4n) is 3.46. The molecule has 3 heterocycles. The van der Waals surface area contributed by atoms with Crippen LogP contribution in [-0.4, -0.2) is 51.4 Å². The fraction of sp³-hybridized carbons (Fsp3) is 0.400. The molecule has 0 unspecified atom stereocenters. The Hall–Kier alpha value is -3.07. The second-order valence-electron chi connectivity index (χ2n) is 7.01. The summed E-state index contributed by atoms with van der Waals surface area (Å²) in [5.74, 6) is -0.448. The van der Waals surface area contributed by atoms with Gasteiger partial charge in [0.25, 0.3) is 5.91 Å². The fourth-order valence-corrected chi connectivity index (χ4v) is 3.46. The third-order valence-electron chi connectivity index (χ3n) is 4.97. The highest BCUT2D eigenvalue weighted by atomic mass is 19.1. The van der Waals surface area contributed by atoms with Gasteiger partial charge >= 0.3 is 0 Å². The van der Waals surface area contributed by atoms with Crippen molar-refractivity contribution in [3.05, 3.63) is 48.2 Å². The van der Waals surface area contributed by atoms with E-state index < -0.39 is 11.9 Å². The van der Waals surface area contributed by atoms with E-state index in [2.05, 4.69) is 20.6 Å². The van der Waals surface area contributed by atoms with Crippen LogP contribution in [0.1, 0.15) is 25.0 Å². The molecule has 0 spiro atoms. The van der Waals surface area contributed by atoms with Crippen LogP contribution in [0.4, 0.5) is 4.39 Å². The van der Waals surface area contributed by atoms with E-state index in [0.29, 0.717) is 24.7 Å². The molecule has 152 valence electrons. The van der Waals surface area contributed by atoms with Gasteiger partial charge in [0.15, 0.2) is 23.3 Å². The molecule has 1 aliphatic heterocycles. The molecule has 0 bridgehead atoms. The SMILES string of the molecule is C[C@H](Oc1ccccc1F)C(=O)NCCn1nc([C@H]2CCNC2)c2nccnc21. The number of aromatic nitrogens is 4. The van der Waals surface area contributed by atoms with Crippen LogP contribution >= 0.6 is 0 Å². The third kappa shape index (κ3) is 4.19. The Kier molecular flexibility index (Phi) is 5.66. The second-order valence-corrected chi connectivity index (χ2v) is 7.01. The second kappa shape index (κ2) is 8.52. The lowest BCUT2D eigenvalue weighted by atomic mass is 10.0. The molecule has 4 rings (SSSR count). The minimum Gasteiger partial charge on any atom is -0.478 e. The lowest BCUT2D eigenvalue weighted by Crippen LogP contribution is -2.38. The topological polar surface area (TPSA) is 94.0 Å². The van der Waals surface area contributed by atoms with Crippen molar-refractivity contribution in [2.75, 3.05) is 19.6 Å². The molecule has 2 N–H and O–H groups in total.